The number of fused-ring (bicyclic) bond motifs is 1. The summed E-state index contributed by atoms with van der Waals surface area (Å²) in [5.74, 6) is 2.25. The lowest BCUT2D eigenvalue weighted by Crippen LogP contribution is -2.44. The van der Waals surface area contributed by atoms with Gasteiger partial charge in [0, 0.05) is 12.6 Å². The van der Waals surface area contributed by atoms with E-state index in [1.165, 1.54) is 12.8 Å². The highest BCUT2D eigenvalue weighted by Crippen LogP contribution is 2.28. The largest absolute Gasteiger partial charge is 0.333 e. The second-order valence-electron chi connectivity index (χ2n) is 5.59. The quantitative estimate of drug-likeness (QED) is 0.937. The van der Waals surface area contributed by atoms with Gasteiger partial charge in [-0.25, -0.2) is 0 Å². The molecule has 2 aliphatic rings. The van der Waals surface area contributed by atoms with E-state index in [-0.39, 0.29) is 0 Å². The van der Waals surface area contributed by atoms with Crippen molar-refractivity contribution in [3.05, 3.63) is 23.3 Å². The number of hydrogen-bond donors (Lipinski definition) is 1. The van der Waals surface area contributed by atoms with Crippen LogP contribution in [0.3, 0.4) is 0 Å². The molecular weight excluding hydrogens is 272 g/mol. The summed E-state index contributed by atoms with van der Waals surface area (Å²) < 4.78 is 5.37. The van der Waals surface area contributed by atoms with Crippen LogP contribution in [0.2, 0.25) is 0 Å². The van der Waals surface area contributed by atoms with Crippen molar-refractivity contribution in [3.8, 4) is 10.8 Å². The molecule has 0 aromatic carbocycles. The standard InChI is InChI=1S/C14H18N4OS/c1-3-10-7-15-8-11(10)18(5-1)9-13-16-14(19-17-13)12-4-2-6-20-12/h2,4,6,10-11,15H,1,3,5,7-9H2. The summed E-state index contributed by atoms with van der Waals surface area (Å²) in [5.41, 5.74) is 0. The van der Waals surface area contributed by atoms with Crippen LogP contribution in [0.4, 0.5) is 0 Å². The van der Waals surface area contributed by atoms with E-state index in [0.29, 0.717) is 11.9 Å². The minimum Gasteiger partial charge on any atom is -0.333 e. The number of aromatic nitrogens is 2. The minimum atomic E-state index is 0.646. The molecule has 0 saturated carbocycles. The molecule has 2 unspecified atom stereocenters. The normalized spacial score (nSPS) is 26.8. The summed E-state index contributed by atoms with van der Waals surface area (Å²) in [4.78, 5) is 8.09. The van der Waals surface area contributed by atoms with Crippen molar-refractivity contribution < 1.29 is 4.52 Å². The lowest BCUT2D eigenvalue weighted by Gasteiger charge is -2.36. The molecule has 0 radical (unpaired) electrons. The topological polar surface area (TPSA) is 54.2 Å². The molecule has 106 valence electrons. The molecule has 2 fully saturated rings. The van der Waals surface area contributed by atoms with E-state index in [4.69, 9.17) is 4.52 Å². The Morgan fingerprint density at radius 1 is 1.45 bits per heavy atom. The Morgan fingerprint density at radius 3 is 3.35 bits per heavy atom. The maximum absolute atomic E-state index is 5.37. The summed E-state index contributed by atoms with van der Waals surface area (Å²) in [5, 5.41) is 9.67. The predicted octanol–water partition coefficient (Wildman–Crippen LogP) is 1.98. The van der Waals surface area contributed by atoms with E-state index in [2.05, 4.69) is 20.4 Å². The molecule has 6 heteroatoms. The Bertz CT molecular complexity index is 568. The Kier molecular flexibility index (Phi) is 3.29. The van der Waals surface area contributed by atoms with Gasteiger partial charge in [0.15, 0.2) is 5.82 Å². The van der Waals surface area contributed by atoms with Gasteiger partial charge in [-0.05, 0) is 43.3 Å². The van der Waals surface area contributed by atoms with Crippen molar-refractivity contribution >= 4 is 11.3 Å². The summed E-state index contributed by atoms with van der Waals surface area (Å²) >= 11 is 1.63. The second kappa shape index (κ2) is 5.27. The summed E-state index contributed by atoms with van der Waals surface area (Å²) in [6, 6.07) is 4.66. The average Bonchev–Trinajstić information content (AvgIpc) is 3.20. The first kappa shape index (κ1) is 12.5. The number of piperidine rings is 1. The van der Waals surface area contributed by atoms with Crippen LogP contribution >= 0.6 is 11.3 Å². The van der Waals surface area contributed by atoms with Gasteiger partial charge in [-0.2, -0.15) is 4.98 Å². The Labute approximate surface area is 122 Å². The first-order valence-electron chi connectivity index (χ1n) is 7.21. The number of likely N-dealkylation sites (tertiary alicyclic amines) is 1. The smallest absolute Gasteiger partial charge is 0.268 e. The highest BCUT2D eigenvalue weighted by Gasteiger charge is 2.35. The molecule has 4 heterocycles. The molecule has 2 saturated heterocycles. The van der Waals surface area contributed by atoms with Crippen molar-refractivity contribution in [2.45, 2.75) is 25.4 Å². The van der Waals surface area contributed by atoms with E-state index >= 15 is 0 Å². The van der Waals surface area contributed by atoms with Crippen molar-refractivity contribution in [1.29, 1.82) is 0 Å². The van der Waals surface area contributed by atoms with Gasteiger partial charge in [0.2, 0.25) is 0 Å². The predicted molar refractivity (Wildman–Crippen MR) is 77.4 cm³/mol. The molecule has 20 heavy (non-hydrogen) atoms. The molecule has 0 aliphatic carbocycles. The first-order valence-corrected chi connectivity index (χ1v) is 8.09. The van der Waals surface area contributed by atoms with Crippen LogP contribution in [0.5, 0.6) is 0 Å². The monoisotopic (exact) mass is 290 g/mol. The molecule has 5 nitrogen and oxygen atoms in total. The van der Waals surface area contributed by atoms with Crippen molar-refractivity contribution in [3.63, 3.8) is 0 Å². The van der Waals surface area contributed by atoms with Gasteiger partial charge in [0.05, 0.1) is 11.4 Å². The highest BCUT2D eigenvalue weighted by atomic mass is 32.1. The van der Waals surface area contributed by atoms with Crippen LogP contribution in [0.15, 0.2) is 22.0 Å². The molecule has 0 spiro atoms. The van der Waals surface area contributed by atoms with Gasteiger partial charge in [-0.3, -0.25) is 4.90 Å². The lowest BCUT2D eigenvalue weighted by atomic mass is 9.92. The van der Waals surface area contributed by atoms with E-state index in [9.17, 15) is 0 Å². The third-order valence-electron chi connectivity index (χ3n) is 4.34. The fourth-order valence-electron chi connectivity index (χ4n) is 3.36. The fourth-order valence-corrected chi connectivity index (χ4v) is 4.00. The number of nitrogens with zero attached hydrogens (tertiary/aromatic N) is 3. The maximum Gasteiger partial charge on any atom is 0.268 e. The number of hydrogen-bond acceptors (Lipinski definition) is 6. The number of nitrogens with one attached hydrogen (secondary N) is 1. The van der Waals surface area contributed by atoms with Crippen molar-refractivity contribution in [2.75, 3.05) is 19.6 Å². The molecule has 4 rings (SSSR count). The van der Waals surface area contributed by atoms with Crippen LogP contribution in [-0.2, 0) is 6.54 Å². The van der Waals surface area contributed by atoms with Crippen LogP contribution < -0.4 is 5.32 Å². The summed E-state index contributed by atoms with van der Waals surface area (Å²) in [6.45, 7) is 4.21. The number of thiophene rings is 1. The van der Waals surface area contributed by atoms with Gasteiger partial charge < -0.3 is 9.84 Å². The Morgan fingerprint density at radius 2 is 2.45 bits per heavy atom. The molecule has 0 bridgehead atoms. The Balaban J connectivity index is 1.48. The molecule has 0 amide bonds. The van der Waals surface area contributed by atoms with Gasteiger partial charge in [0.1, 0.15) is 0 Å². The third-order valence-corrected chi connectivity index (χ3v) is 5.20. The second-order valence-corrected chi connectivity index (χ2v) is 6.54. The molecule has 1 N–H and O–H groups in total. The van der Waals surface area contributed by atoms with Crippen LogP contribution in [0.1, 0.15) is 18.7 Å². The van der Waals surface area contributed by atoms with Gasteiger partial charge in [-0.15, -0.1) is 11.3 Å². The average molecular weight is 290 g/mol. The van der Waals surface area contributed by atoms with E-state index in [1.54, 1.807) is 11.3 Å². The van der Waals surface area contributed by atoms with Crippen molar-refractivity contribution in [1.82, 2.24) is 20.4 Å². The molecule has 2 aromatic rings. The maximum atomic E-state index is 5.37. The minimum absolute atomic E-state index is 0.646. The van der Waals surface area contributed by atoms with Gasteiger partial charge in [-0.1, -0.05) is 11.2 Å². The third kappa shape index (κ3) is 2.28. The summed E-state index contributed by atoms with van der Waals surface area (Å²) in [7, 11) is 0. The zero-order valence-electron chi connectivity index (χ0n) is 11.3. The lowest BCUT2D eigenvalue weighted by molar-refractivity contribution is 0.113. The van der Waals surface area contributed by atoms with Crippen LogP contribution in [0, 0.1) is 5.92 Å². The van der Waals surface area contributed by atoms with Crippen molar-refractivity contribution in [2.24, 2.45) is 5.92 Å². The van der Waals surface area contributed by atoms with Crippen LogP contribution in [0.25, 0.3) is 10.8 Å². The molecule has 2 atom stereocenters. The SMILES string of the molecule is c1csc(-c2nc(CN3CCCC4CNCC43)no2)c1. The first-order chi connectivity index (χ1) is 9.90. The van der Waals surface area contributed by atoms with Gasteiger partial charge in [0.25, 0.3) is 5.89 Å². The summed E-state index contributed by atoms with van der Waals surface area (Å²) in [6.07, 6.45) is 2.62. The molecule has 2 aromatic heterocycles. The zero-order valence-corrected chi connectivity index (χ0v) is 12.1. The fraction of sp³-hybridized carbons (Fsp3) is 0.571. The van der Waals surface area contributed by atoms with Crippen LogP contribution in [-0.4, -0.2) is 40.7 Å². The van der Waals surface area contributed by atoms with E-state index in [1.807, 2.05) is 17.5 Å². The van der Waals surface area contributed by atoms with E-state index in [0.717, 1.165) is 42.8 Å². The highest BCUT2D eigenvalue weighted by molar-refractivity contribution is 7.13. The number of rotatable bonds is 3. The van der Waals surface area contributed by atoms with Gasteiger partial charge >= 0.3 is 0 Å². The zero-order chi connectivity index (χ0) is 13.4. The Hall–Kier alpha value is -1.24. The molecule has 2 aliphatic heterocycles. The molecular formula is C14H18N4OS. The van der Waals surface area contributed by atoms with E-state index < -0.39 is 0 Å².